The van der Waals surface area contributed by atoms with Gasteiger partial charge >= 0.3 is 12.0 Å². The molecule has 146 valence electrons. The summed E-state index contributed by atoms with van der Waals surface area (Å²) in [6.45, 7) is 2.66. The van der Waals surface area contributed by atoms with Gasteiger partial charge in [-0.25, -0.2) is 4.79 Å². The summed E-state index contributed by atoms with van der Waals surface area (Å²) in [5, 5.41) is 14.9. The van der Waals surface area contributed by atoms with Crippen LogP contribution in [0.25, 0.3) is 0 Å². The number of anilines is 1. The van der Waals surface area contributed by atoms with Gasteiger partial charge in [-0.05, 0) is 43.2 Å². The van der Waals surface area contributed by atoms with Crippen LogP contribution >= 0.6 is 0 Å². The van der Waals surface area contributed by atoms with E-state index in [1.54, 1.807) is 31.2 Å². The number of rotatable bonds is 5. The van der Waals surface area contributed by atoms with E-state index in [0.717, 1.165) is 5.56 Å². The zero-order valence-electron chi connectivity index (χ0n) is 15.6. The van der Waals surface area contributed by atoms with Crippen molar-refractivity contribution in [2.75, 3.05) is 18.4 Å². The smallest absolute Gasteiger partial charge is 0.321 e. The number of carbonyl (C=O) groups excluding carboxylic acids is 2. The lowest BCUT2D eigenvalue weighted by Crippen LogP contribution is -2.37. The Hall–Kier alpha value is -3.35. The predicted molar refractivity (Wildman–Crippen MR) is 105 cm³/mol. The van der Waals surface area contributed by atoms with Gasteiger partial charge in [0.05, 0.1) is 5.41 Å². The van der Waals surface area contributed by atoms with Crippen molar-refractivity contribution in [1.29, 1.82) is 0 Å². The standard InChI is InChI=1S/C21H23N3O4/c1-21(19(26)27)11-12-24(14-21)20(28)23-17-9-7-16(8-10-17)18(25)22-13-15-5-3-2-4-6-15/h2-10H,11-14H2,1H3,(H,22,25)(H,23,28)(H,26,27). The molecule has 0 spiro atoms. The van der Waals surface area contributed by atoms with Crippen molar-refractivity contribution in [3.8, 4) is 0 Å². The third-order valence-corrected chi connectivity index (χ3v) is 4.97. The molecule has 2 aromatic rings. The first-order chi connectivity index (χ1) is 13.4. The average molecular weight is 381 g/mol. The van der Waals surface area contributed by atoms with Gasteiger partial charge in [0.25, 0.3) is 5.91 Å². The summed E-state index contributed by atoms with van der Waals surface area (Å²) in [4.78, 5) is 37.4. The van der Waals surface area contributed by atoms with E-state index in [-0.39, 0.29) is 18.5 Å². The third kappa shape index (κ3) is 4.49. The van der Waals surface area contributed by atoms with E-state index >= 15 is 0 Å². The van der Waals surface area contributed by atoms with E-state index in [2.05, 4.69) is 10.6 Å². The molecule has 3 rings (SSSR count). The Morgan fingerprint density at radius 2 is 1.75 bits per heavy atom. The Bertz CT molecular complexity index is 867. The van der Waals surface area contributed by atoms with Crippen LogP contribution in [0.5, 0.6) is 0 Å². The van der Waals surface area contributed by atoms with E-state index in [0.29, 0.717) is 30.8 Å². The van der Waals surface area contributed by atoms with Gasteiger partial charge in [-0.1, -0.05) is 30.3 Å². The first-order valence-corrected chi connectivity index (χ1v) is 9.09. The first kappa shape index (κ1) is 19.4. The van der Waals surface area contributed by atoms with E-state index < -0.39 is 11.4 Å². The van der Waals surface area contributed by atoms with Gasteiger partial charge in [-0.3, -0.25) is 9.59 Å². The highest BCUT2D eigenvalue weighted by Gasteiger charge is 2.42. The Balaban J connectivity index is 1.53. The number of urea groups is 1. The van der Waals surface area contributed by atoms with Crippen molar-refractivity contribution < 1.29 is 19.5 Å². The molecular formula is C21H23N3O4. The molecule has 1 saturated heterocycles. The zero-order valence-corrected chi connectivity index (χ0v) is 15.6. The normalized spacial score (nSPS) is 18.5. The van der Waals surface area contributed by atoms with Crippen LogP contribution < -0.4 is 10.6 Å². The number of hydrogen-bond donors (Lipinski definition) is 3. The molecule has 7 nitrogen and oxygen atoms in total. The van der Waals surface area contributed by atoms with Crippen LogP contribution in [0.4, 0.5) is 10.5 Å². The van der Waals surface area contributed by atoms with E-state index in [4.69, 9.17) is 0 Å². The number of benzene rings is 2. The van der Waals surface area contributed by atoms with E-state index in [9.17, 15) is 19.5 Å². The minimum Gasteiger partial charge on any atom is -0.481 e. The van der Waals surface area contributed by atoms with Crippen molar-refractivity contribution in [2.45, 2.75) is 19.9 Å². The van der Waals surface area contributed by atoms with Crippen LogP contribution in [0.2, 0.25) is 0 Å². The predicted octanol–water partition coefficient (Wildman–Crippen LogP) is 2.95. The highest BCUT2D eigenvalue weighted by molar-refractivity contribution is 5.95. The average Bonchev–Trinajstić information content (AvgIpc) is 3.11. The molecule has 3 N–H and O–H groups in total. The van der Waals surface area contributed by atoms with Crippen molar-refractivity contribution in [3.63, 3.8) is 0 Å². The lowest BCUT2D eigenvalue weighted by molar-refractivity contribution is -0.146. The van der Waals surface area contributed by atoms with Gasteiger partial charge < -0.3 is 20.6 Å². The number of nitrogens with one attached hydrogen (secondary N) is 2. The minimum atomic E-state index is -0.905. The summed E-state index contributed by atoms with van der Waals surface area (Å²) >= 11 is 0. The Kier molecular flexibility index (Phi) is 5.63. The van der Waals surface area contributed by atoms with Gasteiger partial charge in [0.1, 0.15) is 0 Å². The molecule has 1 fully saturated rings. The van der Waals surface area contributed by atoms with Gasteiger partial charge in [-0.15, -0.1) is 0 Å². The maximum Gasteiger partial charge on any atom is 0.321 e. The molecule has 1 atom stereocenters. The van der Waals surface area contributed by atoms with Crippen molar-refractivity contribution >= 4 is 23.6 Å². The number of carboxylic acid groups (broad SMARTS) is 1. The molecule has 0 radical (unpaired) electrons. The lowest BCUT2D eigenvalue weighted by Gasteiger charge is -2.20. The molecule has 0 aliphatic carbocycles. The molecule has 28 heavy (non-hydrogen) atoms. The fourth-order valence-electron chi connectivity index (χ4n) is 3.10. The molecule has 0 saturated carbocycles. The maximum atomic E-state index is 12.3. The fourth-order valence-corrected chi connectivity index (χ4v) is 3.10. The highest BCUT2D eigenvalue weighted by atomic mass is 16.4. The minimum absolute atomic E-state index is 0.175. The van der Waals surface area contributed by atoms with E-state index in [1.807, 2.05) is 30.3 Å². The number of hydrogen-bond acceptors (Lipinski definition) is 3. The molecule has 3 amide bonds. The molecule has 0 aromatic heterocycles. The quantitative estimate of drug-likeness (QED) is 0.741. The van der Waals surface area contributed by atoms with Crippen molar-refractivity contribution in [2.24, 2.45) is 5.41 Å². The van der Waals surface area contributed by atoms with Crippen LogP contribution in [0, 0.1) is 5.41 Å². The van der Waals surface area contributed by atoms with Crippen LogP contribution in [0.3, 0.4) is 0 Å². The van der Waals surface area contributed by atoms with Crippen LogP contribution in [0.15, 0.2) is 54.6 Å². The number of aliphatic carboxylic acids is 1. The second kappa shape index (κ2) is 8.12. The first-order valence-electron chi connectivity index (χ1n) is 9.09. The number of nitrogens with zero attached hydrogens (tertiary/aromatic N) is 1. The van der Waals surface area contributed by atoms with Crippen LogP contribution in [-0.4, -0.2) is 41.0 Å². The summed E-state index contributed by atoms with van der Waals surface area (Å²) in [5.41, 5.74) is 1.15. The van der Waals surface area contributed by atoms with Gasteiger partial charge in [0.2, 0.25) is 0 Å². The Morgan fingerprint density at radius 1 is 1.07 bits per heavy atom. The monoisotopic (exact) mass is 381 g/mol. The molecule has 7 heteroatoms. The fraction of sp³-hybridized carbons (Fsp3) is 0.286. The largest absolute Gasteiger partial charge is 0.481 e. The number of carbonyl (C=O) groups is 3. The zero-order chi connectivity index (χ0) is 20.1. The molecule has 2 aromatic carbocycles. The number of amides is 3. The van der Waals surface area contributed by atoms with Crippen molar-refractivity contribution in [3.05, 3.63) is 65.7 Å². The summed E-state index contributed by atoms with van der Waals surface area (Å²) in [7, 11) is 0. The number of carboxylic acids is 1. The van der Waals surface area contributed by atoms with E-state index in [1.165, 1.54) is 4.90 Å². The van der Waals surface area contributed by atoms with Gasteiger partial charge in [0.15, 0.2) is 0 Å². The SMILES string of the molecule is CC1(C(=O)O)CCN(C(=O)Nc2ccc(C(=O)NCc3ccccc3)cc2)C1. The molecule has 1 aliphatic heterocycles. The van der Waals surface area contributed by atoms with Crippen molar-refractivity contribution in [1.82, 2.24) is 10.2 Å². The molecular weight excluding hydrogens is 358 g/mol. The van der Waals surface area contributed by atoms with Gasteiger partial charge in [-0.2, -0.15) is 0 Å². The Morgan fingerprint density at radius 3 is 2.36 bits per heavy atom. The topological polar surface area (TPSA) is 98.7 Å². The second-order valence-corrected chi connectivity index (χ2v) is 7.21. The Labute approximate surface area is 163 Å². The van der Waals surface area contributed by atoms with Crippen LogP contribution in [-0.2, 0) is 11.3 Å². The third-order valence-electron chi connectivity index (χ3n) is 4.97. The molecule has 0 bridgehead atoms. The molecule has 1 unspecified atom stereocenters. The second-order valence-electron chi connectivity index (χ2n) is 7.21. The molecule has 1 heterocycles. The molecule has 1 aliphatic rings. The summed E-state index contributed by atoms with van der Waals surface area (Å²) in [5.74, 6) is -1.09. The van der Waals surface area contributed by atoms with Gasteiger partial charge in [0, 0.05) is 30.9 Å². The summed E-state index contributed by atoms with van der Waals surface area (Å²) in [6.07, 6.45) is 0.427. The van der Waals surface area contributed by atoms with Crippen LogP contribution in [0.1, 0.15) is 29.3 Å². The number of likely N-dealkylation sites (tertiary alicyclic amines) is 1. The summed E-state index contributed by atoms with van der Waals surface area (Å²) < 4.78 is 0. The maximum absolute atomic E-state index is 12.3. The lowest BCUT2D eigenvalue weighted by atomic mass is 9.90. The highest BCUT2D eigenvalue weighted by Crippen LogP contribution is 2.30. The summed E-state index contributed by atoms with van der Waals surface area (Å²) in [6, 6.07) is 15.9.